The van der Waals surface area contributed by atoms with E-state index in [9.17, 15) is 22.4 Å². The molecule has 2 aromatic carbocycles. The van der Waals surface area contributed by atoms with Crippen molar-refractivity contribution in [3.8, 4) is 11.5 Å². The van der Waals surface area contributed by atoms with Crippen molar-refractivity contribution >= 4 is 17.5 Å². The highest BCUT2D eigenvalue weighted by Crippen LogP contribution is 2.31. The number of aliphatic hydroxyl groups is 1. The van der Waals surface area contributed by atoms with E-state index in [1.165, 1.54) is 4.90 Å². The number of alkyl halides is 3. The van der Waals surface area contributed by atoms with Gasteiger partial charge in [0.25, 0.3) is 12.3 Å². The summed E-state index contributed by atoms with van der Waals surface area (Å²) in [6, 6.07) is 9.50. The van der Waals surface area contributed by atoms with Gasteiger partial charge in [0.15, 0.2) is 11.6 Å². The predicted molar refractivity (Wildman–Crippen MR) is 118 cm³/mol. The topological polar surface area (TPSA) is 95.1 Å². The van der Waals surface area contributed by atoms with Crippen LogP contribution in [0, 0.1) is 5.82 Å². The summed E-state index contributed by atoms with van der Waals surface area (Å²) in [7, 11) is 1.57. The van der Waals surface area contributed by atoms with Crippen molar-refractivity contribution in [3.63, 3.8) is 0 Å². The number of aliphatic hydroxyl groups excluding tert-OH is 1. The Bertz CT molecular complexity index is 1070. The maximum Gasteiger partial charge on any atom is 0.573 e. The van der Waals surface area contributed by atoms with Gasteiger partial charge in [0.1, 0.15) is 17.3 Å². The first-order valence-electron chi connectivity index (χ1n) is 10.4. The largest absolute Gasteiger partial charge is 0.573 e. The Morgan fingerprint density at radius 3 is 2.57 bits per heavy atom. The van der Waals surface area contributed by atoms with Crippen LogP contribution in [-0.2, 0) is 11.3 Å². The summed E-state index contributed by atoms with van der Waals surface area (Å²) in [6.45, 7) is 0.256. The highest BCUT2D eigenvalue weighted by atomic mass is 35.5. The van der Waals surface area contributed by atoms with Crippen LogP contribution in [0.2, 0.25) is 5.02 Å². The second-order valence-electron chi connectivity index (χ2n) is 7.32. The zero-order valence-corrected chi connectivity index (χ0v) is 19.2. The SMILES string of the molecule is CNC1=C(C(=O)NCCCO)N(Cc2ccc(Cl)cc2)C(Oc2ccc(F)c(OC(F)(F)F)c2)N1. The molecule has 0 aliphatic carbocycles. The number of hydrogen-bond donors (Lipinski definition) is 4. The Kier molecular flexibility index (Phi) is 8.52. The molecule has 2 aromatic rings. The summed E-state index contributed by atoms with van der Waals surface area (Å²) in [4.78, 5) is 14.5. The highest BCUT2D eigenvalue weighted by molar-refractivity contribution is 6.30. The van der Waals surface area contributed by atoms with Gasteiger partial charge < -0.3 is 35.4 Å². The quantitative estimate of drug-likeness (QED) is 0.284. The van der Waals surface area contributed by atoms with Crippen molar-refractivity contribution in [1.29, 1.82) is 0 Å². The van der Waals surface area contributed by atoms with Crippen LogP contribution in [-0.4, -0.2) is 48.8 Å². The average Bonchev–Trinajstić information content (AvgIpc) is 3.13. The van der Waals surface area contributed by atoms with E-state index < -0.39 is 30.2 Å². The molecular formula is C22H23ClF4N4O4. The van der Waals surface area contributed by atoms with E-state index in [-0.39, 0.29) is 31.1 Å². The molecule has 1 amide bonds. The first-order chi connectivity index (χ1) is 16.6. The van der Waals surface area contributed by atoms with Crippen LogP contribution in [0.3, 0.4) is 0 Å². The molecule has 1 unspecified atom stereocenters. The van der Waals surface area contributed by atoms with Crippen LogP contribution in [0.5, 0.6) is 11.5 Å². The van der Waals surface area contributed by atoms with Crippen LogP contribution >= 0.6 is 11.6 Å². The van der Waals surface area contributed by atoms with Crippen LogP contribution < -0.4 is 25.4 Å². The molecule has 3 rings (SSSR count). The van der Waals surface area contributed by atoms with Crippen LogP contribution in [0.15, 0.2) is 54.0 Å². The maximum atomic E-state index is 13.8. The van der Waals surface area contributed by atoms with E-state index in [4.69, 9.17) is 21.4 Å². The van der Waals surface area contributed by atoms with E-state index in [0.29, 0.717) is 17.3 Å². The van der Waals surface area contributed by atoms with Gasteiger partial charge in [-0.3, -0.25) is 4.79 Å². The third-order valence-electron chi connectivity index (χ3n) is 4.80. The standard InChI is InChI=1S/C22H23ClF4N4O4/c1-28-19-18(20(33)29-9-2-10-32)31(12-13-3-5-14(23)6-4-13)21(30-19)34-15-7-8-16(24)17(11-15)35-22(25,26)27/h3-8,11,21,28,30,32H,2,9-10,12H2,1H3,(H,29,33). The van der Waals surface area contributed by atoms with Gasteiger partial charge in [-0.2, -0.15) is 0 Å². The molecular weight excluding hydrogens is 496 g/mol. The van der Waals surface area contributed by atoms with Gasteiger partial charge in [-0.25, -0.2) is 4.39 Å². The van der Waals surface area contributed by atoms with Crippen LogP contribution in [0.4, 0.5) is 17.6 Å². The third kappa shape index (κ3) is 7.06. The summed E-state index contributed by atoms with van der Waals surface area (Å²) in [6.07, 6.45) is -5.81. The molecule has 4 N–H and O–H groups in total. The van der Waals surface area contributed by atoms with Gasteiger partial charge in [0, 0.05) is 37.8 Å². The van der Waals surface area contributed by atoms with Crippen molar-refractivity contribution in [2.24, 2.45) is 0 Å². The molecule has 1 atom stereocenters. The lowest BCUT2D eigenvalue weighted by atomic mass is 10.2. The van der Waals surface area contributed by atoms with Crippen molar-refractivity contribution in [2.45, 2.75) is 25.7 Å². The van der Waals surface area contributed by atoms with Crippen molar-refractivity contribution in [3.05, 3.63) is 70.4 Å². The molecule has 1 aliphatic heterocycles. The van der Waals surface area contributed by atoms with Gasteiger partial charge in [0.05, 0.1) is 0 Å². The first-order valence-corrected chi connectivity index (χ1v) is 10.8. The number of nitrogens with one attached hydrogen (secondary N) is 3. The lowest BCUT2D eigenvalue weighted by Crippen LogP contribution is -2.44. The van der Waals surface area contributed by atoms with E-state index in [1.54, 1.807) is 31.3 Å². The molecule has 35 heavy (non-hydrogen) atoms. The van der Waals surface area contributed by atoms with Crippen LogP contribution in [0.1, 0.15) is 12.0 Å². The smallest absolute Gasteiger partial charge is 0.452 e. The molecule has 0 bridgehead atoms. The number of carbonyl (C=O) groups excluding carboxylic acids is 1. The molecule has 0 saturated carbocycles. The minimum Gasteiger partial charge on any atom is -0.452 e. The Labute approximate surface area is 203 Å². The Morgan fingerprint density at radius 2 is 1.94 bits per heavy atom. The Balaban J connectivity index is 1.90. The number of amides is 1. The first kappa shape index (κ1) is 26.2. The number of benzene rings is 2. The number of nitrogens with zero attached hydrogens (tertiary/aromatic N) is 1. The fourth-order valence-corrected chi connectivity index (χ4v) is 3.39. The molecule has 1 aliphatic rings. The second-order valence-corrected chi connectivity index (χ2v) is 7.75. The van der Waals surface area contributed by atoms with Gasteiger partial charge in [-0.05, 0) is 36.2 Å². The van der Waals surface area contributed by atoms with E-state index in [2.05, 4.69) is 20.7 Å². The van der Waals surface area contributed by atoms with E-state index >= 15 is 0 Å². The Hall–Kier alpha value is -3.38. The summed E-state index contributed by atoms with van der Waals surface area (Å²) < 4.78 is 61.2. The van der Waals surface area contributed by atoms with Crippen LogP contribution in [0.25, 0.3) is 0 Å². The number of carbonyl (C=O) groups is 1. The lowest BCUT2D eigenvalue weighted by molar-refractivity contribution is -0.275. The summed E-state index contributed by atoms with van der Waals surface area (Å²) in [5.74, 6) is -2.59. The normalized spacial score (nSPS) is 15.6. The lowest BCUT2D eigenvalue weighted by Gasteiger charge is -2.28. The summed E-state index contributed by atoms with van der Waals surface area (Å²) in [5.41, 5.74) is 0.919. The molecule has 190 valence electrons. The fraction of sp³-hybridized carbons (Fsp3) is 0.318. The number of ether oxygens (including phenoxy) is 2. The summed E-state index contributed by atoms with van der Waals surface area (Å²) in [5, 5.41) is 18.0. The maximum absolute atomic E-state index is 13.8. The Morgan fingerprint density at radius 1 is 1.23 bits per heavy atom. The minimum absolute atomic E-state index is 0.108. The van der Waals surface area contributed by atoms with Gasteiger partial charge in [0.2, 0.25) is 0 Å². The van der Waals surface area contributed by atoms with Gasteiger partial charge in [-0.15, -0.1) is 13.2 Å². The number of halogens is 5. The number of hydrogen-bond acceptors (Lipinski definition) is 7. The van der Waals surface area contributed by atoms with E-state index in [0.717, 1.165) is 23.8 Å². The monoisotopic (exact) mass is 518 g/mol. The molecule has 13 heteroatoms. The minimum atomic E-state index is -5.09. The van der Waals surface area contributed by atoms with Gasteiger partial charge >= 0.3 is 6.36 Å². The van der Waals surface area contributed by atoms with Gasteiger partial charge in [-0.1, -0.05) is 23.7 Å². The zero-order chi connectivity index (χ0) is 25.6. The summed E-state index contributed by atoms with van der Waals surface area (Å²) >= 11 is 5.96. The van der Waals surface area contributed by atoms with Crippen molar-refractivity contribution in [2.75, 3.05) is 20.2 Å². The average molecular weight is 519 g/mol. The molecule has 0 fully saturated rings. The molecule has 0 radical (unpaired) electrons. The molecule has 0 saturated heterocycles. The fourth-order valence-electron chi connectivity index (χ4n) is 3.26. The third-order valence-corrected chi connectivity index (χ3v) is 5.05. The predicted octanol–water partition coefficient (Wildman–Crippen LogP) is 3.03. The van der Waals surface area contributed by atoms with Crippen molar-refractivity contribution in [1.82, 2.24) is 20.9 Å². The molecule has 0 spiro atoms. The molecule has 1 heterocycles. The number of rotatable bonds is 10. The highest BCUT2D eigenvalue weighted by Gasteiger charge is 2.37. The van der Waals surface area contributed by atoms with Crippen molar-refractivity contribution < 1.29 is 36.9 Å². The molecule has 8 nitrogen and oxygen atoms in total. The zero-order valence-electron chi connectivity index (χ0n) is 18.5. The van der Waals surface area contributed by atoms with E-state index in [1.807, 2.05) is 0 Å². The molecule has 0 aromatic heterocycles. The second kappa shape index (κ2) is 11.4.